The van der Waals surface area contributed by atoms with Crippen molar-refractivity contribution in [3.63, 3.8) is 0 Å². The van der Waals surface area contributed by atoms with Crippen molar-refractivity contribution >= 4 is 23.3 Å². The van der Waals surface area contributed by atoms with Crippen LogP contribution in [0.5, 0.6) is 0 Å². The second-order valence-corrected chi connectivity index (χ2v) is 5.44. The van der Waals surface area contributed by atoms with Gasteiger partial charge in [0.1, 0.15) is 0 Å². The molecular formula is C14H20N4O2. The number of rotatable bonds is 4. The maximum atomic E-state index is 11.8. The van der Waals surface area contributed by atoms with E-state index in [4.69, 9.17) is 5.73 Å². The molecule has 0 atom stereocenters. The average Bonchev–Trinajstić information content (AvgIpc) is 3.10. The van der Waals surface area contributed by atoms with Crippen molar-refractivity contribution in [3.05, 3.63) is 24.3 Å². The molecule has 20 heavy (non-hydrogen) atoms. The zero-order valence-electron chi connectivity index (χ0n) is 11.7. The van der Waals surface area contributed by atoms with Gasteiger partial charge in [0.05, 0.1) is 5.54 Å². The Labute approximate surface area is 118 Å². The Hall–Kier alpha value is -2.08. The van der Waals surface area contributed by atoms with E-state index >= 15 is 0 Å². The Kier molecular flexibility index (Phi) is 3.94. The highest BCUT2D eigenvalue weighted by molar-refractivity contribution is 6.00. The maximum Gasteiger partial charge on any atom is 0.319 e. The first-order valence-electron chi connectivity index (χ1n) is 6.67. The first-order chi connectivity index (χ1) is 9.39. The van der Waals surface area contributed by atoms with Gasteiger partial charge in [-0.15, -0.1) is 0 Å². The summed E-state index contributed by atoms with van der Waals surface area (Å²) in [7, 11) is 0. The highest BCUT2D eigenvalue weighted by Crippen LogP contribution is 2.33. The van der Waals surface area contributed by atoms with Gasteiger partial charge >= 0.3 is 6.03 Å². The van der Waals surface area contributed by atoms with E-state index in [0.29, 0.717) is 11.4 Å². The van der Waals surface area contributed by atoms with E-state index in [1.165, 1.54) is 0 Å². The highest BCUT2D eigenvalue weighted by atomic mass is 16.2. The third kappa shape index (κ3) is 3.71. The lowest BCUT2D eigenvalue weighted by molar-refractivity contribution is -0.118. The van der Waals surface area contributed by atoms with Crippen LogP contribution in [0.2, 0.25) is 0 Å². The number of nitrogens with one attached hydrogen (secondary N) is 3. The first kappa shape index (κ1) is 14.3. The molecule has 0 unspecified atom stereocenters. The molecule has 6 nitrogen and oxygen atoms in total. The molecule has 0 saturated heterocycles. The lowest BCUT2D eigenvalue weighted by atomic mass is 10.2. The lowest BCUT2D eigenvalue weighted by Gasteiger charge is -2.12. The minimum Gasteiger partial charge on any atom is -0.336 e. The minimum absolute atomic E-state index is 0.0767. The zero-order valence-corrected chi connectivity index (χ0v) is 11.7. The number of anilines is 2. The normalized spacial score (nSPS) is 15.6. The predicted molar refractivity (Wildman–Crippen MR) is 78.5 cm³/mol. The van der Waals surface area contributed by atoms with Crippen molar-refractivity contribution in [3.8, 4) is 0 Å². The van der Waals surface area contributed by atoms with E-state index in [-0.39, 0.29) is 18.0 Å². The second-order valence-electron chi connectivity index (χ2n) is 5.44. The predicted octanol–water partition coefficient (Wildman–Crippen LogP) is 1.65. The molecule has 1 fully saturated rings. The van der Waals surface area contributed by atoms with Crippen molar-refractivity contribution in [2.24, 2.45) is 5.73 Å². The monoisotopic (exact) mass is 276 g/mol. The molecule has 0 bridgehead atoms. The fraction of sp³-hybridized carbons (Fsp3) is 0.429. The van der Waals surface area contributed by atoms with Gasteiger partial charge in [-0.1, -0.05) is 0 Å². The molecule has 0 heterocycles. The fourth-order valence-electron chi connectivity index (χ4n) is 1.68. The van der Waals surface area contributed by atoms with Gasteiger partial charge in [0.15, 0.2) is 0 Å². The molecule has 1 aliphatic rings. The Bertz CT molecular complexity index is 506. The number of urea groups is 1. The van der Waals surface area contributed by atoms with Crippen LogP contribution in [0.25, 0.3) is 0 Å². The summed E-state index contributed by atoms with van der Waals surface area (Å²) in [5.74, 6) is -0.157. The molecule has 0 radical (unpaired) electrons. The first-order valence-corrected chi connectivity index (χ1v) is 6.67. The smallest absolute Gasteiger partial charge is 0.319 e. The van der Waals surface area contributed by atoms with Gasteiger partial charge < -0.3 is 21.7 Å². The van der Waals surface area contributed by atoms with Crippen LogP contribution in [0.4, 0.5) is 16.2 Å². The molecule has 1 aromatic carbocycles. The van der Waals surface area contributed by atoms with Crippen LogP contribution in [-0.2, 0) is 4.79 Å². The SMILES string of the molecule is CC(C)NC(=O)Nc1ccc(NC(=O)C2(N)CC2)cc1. The van der Waals surface area contributed by atoms with Gasteiger partial charge in [0.25, 0.3) is 0 Å². The summed E-state index contributed by atoms with van der Waals surface area (Å²) in [6, 6.07) is 6.74. The van der Waals surface area contributed by atoms with Crippen molar-refractivity contribution in [2.45, 2.75) is 38.3 Å². The largest absolute Gasteiger partial charge is 0.336 e. The standard InChI is InChI=1S/C14H20N4O2/c1-9(2)16-13(20)18-11-5-3-10(4-6-11)17-12(19)14(15)7-8-14/h3-6,9H,7-8,15H2,1-2H3,(H,17,19)(H2,16,18,20). The van der Waals surface area contributed by atoms with E-state index in [1.807, 2.05) is 13.8 Å². The van der Waals surface area contributed by atoms with Crippen LogP contribution in [0.1, 0.15) is 26.7 Å². The molecule has 0 aromatic heterocycles. The topological polar surface area (TPSA) is 96.2 Å². The minimum atomic E-state index is -0.686. The number of carbonyl (C=O) groups excluding carboxylic acids is 2. The summed E-state index contributed by atoms with van der Waals surface area (Å²) in [5, 5.41) is 8.20. The summed E-state index contributed by atoms with van der Waals surface area (Å²) in [5.41, 5.74) is 6.45. The number of amides is 3. The Balaban J connectivity index is 1.89. The number of nitrogens with two attached hydrogens (primary N) is 1. The molecule has 5 N–H and O–H groups in total. The van der Waals surface area contributed by atoms with E-state index in [2.05, 4.69) is 16.0 Å². The van der Waals surface area contributed by atoms with Gasteiger partial charge in [0, 0.05) is 17.4 Å². The summed E-state index contributed by atoms with van der Waals surface area (Å²) in [6.45, 7) is 3.78. The molecule has 3 amide bonds. The molecule has 6 heteroatoms. The second kappa shape index (κ2) is 5.50. The maximum absolute atomic E-state index is 11.8. The van der Waals surface area contributed by atoms with Crippen LogP contribution in [-0.4, -0.2) is 23.5 Å². The van der Waals surface area contributed by atoms with Crippen molar-refractivity contribution < 1.29 is 9.59 Å². The quantitative estimate of drug-likeness (QED) is 0.673. The number of carbonyl (C=O) groups is 2. The molecule has 0 spiro atoms. The summed E-state index contributed by atoms with van der Waals surface area (Å²) >= 11 is 0. The Morgan fingerprint density at radius 2 is 1.60 bits per heavy atom. The van der Waals surface area contributed by atoms with Crippen LogP contribution < -0.4 is 21.7 Å². The van der Waals surface area contributed by atoms with E-state index in [9.17, 15) is 9.59 Å². The summed E-state index contributed by atoms with van der Waals surface area (Å²) in [4.78, 5) is 23.3. The average molecular weight is 276 g/mol. The molecular weight excluding hydrogens is 256 g/mol. The lowest BCUT2D eigenvalue weighted by Crippen LogP contribution is -2.37. The third-order valence-electron chi connectivity index (χ3n) is 3.06. The molecule has 2 rings (SSSR count). The van der Waals surface area contributed by atoms with Gasteiger partial charge in [-0.05, 0) is 51.0 Å². The third-order valence-corrected chi connectivity index (χ3v) is 3.06. The zero-order chi connectivity index (χ0) is 14.8. The Morgan fingerprint density at radius 1 is 1.10 bits per heavy atom. The van der Waals surface area contributed by atoms with Crippen LogP contribution in [0.3, 0.4) is 0 Å². The Morgan fingerprint density at radius 3 is 2.05 bits per heavy atom. The molecule has 1 saturated carbocycles. The number of benzene rings is 1. The number of hydrogen-bond donors (Lipinski definition) is 4. The summed E-state index contributed by atoms with van der Waals surface area (Å²) < 4.78 is 0. The van der Waals surface area contributed by atoms with Crippen LogP contribution in [0, 0.1) is 0 Å². The van der Waals surface area contributed by atoms with Crippen molar-refractivity contribution in [2.75, 3.05) is 10.6 Å². The molecule has 1 aromatic rings. The molecule has 1 aliphatic carbocycles. The fourth-order valence-corrected chi connectivity index (χ4v) is 1.68. The van der Waals surface area contributed by atoms with Gasteiger partial charge in [0.2, 0.25) is 5.91 Å². The van der Waals surface area contributed by atoms with E-state index in [0.717, 1.165) is 12.8 Å². The highest BCUT2D eigenvalue weighted by Gasteiger charge is 2.45. The van der Waals surface area contributed by atoms with E-state index in [1.54, 1.807) is 24.3 Å². The van der Waals surface area contributed by atoms with E-state index < -0.39 is 5.54 Å². The van der Waals surface area contributed by atoms with Gasteiger partial charge in [-0.25, -0.2) is 4.79 Å². The van der Waals surface area contributed by atoms with Crippen molar-refractivity contribution in [1.29, 1.82) is 0 Å². The summed E-state index contributed by atoms with van der Waals surface area (Å²) in [6.07, 6.45) is 1.46. The van der Waals surface area contributed by atoms with Crippen LogP contribution in [0.15, 0.2) is 24.3 Å². The number of hydrogen-bond acceptors (Lipinski definition) is 3. The molecule has 108 valence electrons. The molecule has 0 aliphatic heterocycles. The van der Waals surface area contributed by atoms with Crippen molar-refractivity contribution in [1.82, 2.24) is 5.32 Å². The van der Waals surface area contributed by atoms with Gasteiger partial charge in [-0.2, -0.15) is 0 Å². The van der Waals surface area contributed by atoms with Gasteiger partial charge in [-0.3, -0.25) is 4.79 Å². The van der Waals surface area contributed by atoms with Crippen LogP contribution >= 0.6 is 0 Å².